The fourth-order valence-electron chi connectivity index (χ4n) is 2.89. The number of benzene rings is 3. The second-order valence-electron chi connectivity index (χ2n) is 7.35. The number of hydrogen-bond donors (Lipinski definition) is 1. The molecular formula is C23H24N2O6S2. The van der Waals surface area contributed by atoms with Gasteiger partial charge in [0.05, 0.1) is 15.4 Å². The normalized spacial score (nSPS) is 12.0. The van der Waals surface area contributed by atoms with Crippen molar-refractivity contribution in [3.8, 4) is 0 Å². The van der Waals surface area contributed by atoms with Gasteiger partial charge in [0.25, 0.3) is 0 Å². The number of carbonyl (C=O) groups is 1. The first-order chi connectivity index (χ1) is 15.6. The maximum atomic E-state index is 12.6. The molecule has 0 saturated carbocycles. The highest BCUT2D eigenvalue weighted by Gasteiger charge is 2.19. The van der Waals surface area contributed by atoms with Crippen molar-refractivity contribution >= 4 is 26.0 Å². The first kappa shape index (κ1) is 24.6. The molecule has 10 heteroatoms. The van der Waals surface area contributed by atoms with E-state index in [0.29, 0.717) is 5.56 Å². The zero-order valence-electron chi connectivity index (χ0n) is 18.1. The SMILES string of the molecule is CN(C)S(=O)(=O)c1cccc(COC(=O)c2cccc(S(=O)(=O)NCc3ccccc3)c2)c1. The van der Waals surface area contributed by atoms with Gasteiger partial charge in [-0.1, -0.05) is 48.5 Å². The van der Waals surface area contributed by atoms with Crippen LogP contribution < -0.4 is 4.72 Å². The van der Waals surface area contributed by atoms with Crippen LogP contribution in [-0.4, -0.2) is 41.2 Å². The van der Waals surface area contributed by atoms with Gasteiger partial charge in [-0.2, -0.15) is 0 Å². The van der Waals surface area contributed by atoms with Crippen LogP contribution in [0.4, 0.5) is 0 Å². The number of ether oxygens (including phenoxy) is 1. The van der Waals surface area contributed by atoms with E-state index in [1.165, 1.54) is 50.5 Å². The van der Waals surface area contributed by atoms with Crippen LogP contribution in [0.3, 0.4) is 0 Å². The van der Waals surface area contributed by atoms with Crippen molar-refractivity contribution in [1.82, 2.24) is 9.03 Å². The predicted octanol–water partition coefficient (Wildman–Crippen LogP) is 2.77. The van der Waals surface area contributed by atoms with Crippen molar-refractivity contribution in [3.05, 3.63) is 95.6 Å². The Morgan fingerprint density at radius 2 is 1.45 bits per heavy atom. The molecule has 0 radical (unpaired) electrons. The summed E-state index contributed by atoms with van der Waals surface area (Å²) in [6.07, 6.45) is 0. The van der Waals surface area contributed by atoms with E-state index in [2.05, 4.69) is 4.72 Å². The predicted molar refractivity (Wildman–Crippen MR) is 123 cm³/mol. The lowest BCUT2D eigenvalue weighted by atomic mass is 10.2. The van der Waals surface area contributed by atoms with Gasteiger partial charge in [0.1, 0.15) is 6.61 Å². The molecule has 8 nitrogen and oxygen atoms in total. The molecule has 0 atom stereocenters. The van der Waals surface area contributed by atoms with E-state index in [0.717, 1.165) is 9.87 Å². The van der Waals surface area contributed by atoms with Gasteiger partial charge in [0.2, 0.25) is 20.0 Å². The van der Waals surface area contributed by atoms with Gasteiger partial charge in [0, 0.05) is 20.6 Å². The Morgan fingerprint density at radius 1 is 0.818 bits per heavy atom. The van der Waals surface area contributed by atoms with Crippen molar-refractivity contribution in [2.45, 2.75) is 22.9 Å². The molecule has 0 amide bonds. The van der Waals surface area contributed by atoms with Gasteiger partial charge < -0.3 is 4.74 Å². The number of nitrogens with zero attached hydrogens (tertiary/aromatic N) is 1. The minimum atomic E-state index is -3.84. The molecule has 3 aromatic rings. The van der Waals surface area contributed by atoms with E-state index in [9.17, 15) is 21.6 Å². The van der Waals surface area contributed by atoms with Crippen LogP contribution >= 0.6 is 0 Å². The quantitative estimate of drug-likeness (QED) is 0.464. The first-order valence-corrected chi connectivity index (χ1v) is 12.8. The Hall–Kier alpha value is -3.05. The lowest BCUT2D eigenvalue weighted by molar-refractivity contribution is 0.0472. The van der Waals surface area contributed by atoms with E-state index in [4.69, 9.17) is 4.74 Å². The van der Waals surface area contributed by atoms with Crippen LogP contribution in [0.1, 0.15) is 21.5 Å². The second kappa shape index (κ2) is 10.3. The van der Waals surface area contributed by atoms with Crippen LogP contribution in [0, 0.1) is 0 Å². The highest BCUT2D eigenvalue weighted by molar-refractivity contribution is 7.89. The summed E-state index contributed by atoms with van der Waals surface area (Å²) >= 11 is 0. The Morgan fingerprint density at radius 3 is 2.15 bits per heavy atom. The largest absolute Gasteiger partial charge is 0.457 e. The van der Waals surface area contributed by atoms with Gasteiger partial charge in [-0.3, -0.25) is 0 Å². The molecule has 0 saturated heterocycles. The smallest absolute Gasteiger partial charge is 0.338 e. The van der Waals surface area contributed by atoms with Crippen molar-refractivity contribution < 1.29 is 26.4 Å². The van der Waals surface area contributed by atoms with E-state index >= 15 is 0 Å². The molecule has 0 aliphatic rings. The van der Waals surface area contributed by atoms with Gasteiger partial charge in [0.15, 0.2) is 0 Å². The van der Waals surface area contributed by atoms with Gasteiger partial charge in [-0.25, -0.2) is 30.7 Å². The molecule has 0 bridgehead atoms. The molecule has 0 unspecified atom stereocenters. The molecule has 0 fully saturated rings. The summed E-state index contributed by atoms with van der Waals surface area (Å²) in [5.41, 5.74) is 1.35. The standard InChI is InChI=1S/C23H24N2O6S2/c1-25(2)33(29,30)22-13-6-10-19(14-22)17-31-23(26)20-11-7-12-21(15-20)32(27,28)24-16-18-8-4-3-5-9-18/h3-15,24H,16-17H2,1-2H3. The van der Waals surface area contributed by atoms with Crippen LogP contribution in [0.5, 0.6) is 0 Å². The molecule has 0 aliphatic heterocycles. The van der Waals surface area contributed by atoms with Crippen LogP contribution in [-0.2, 0) is 37.9 Å². The molecule has 174 valence electrons. The lowest BCUT2D eigenvalue weighted by Crippen LogP contribution is -2.23. The van der Waals surface area contributed by atoms with Crippen LogP contribution in [0.2, 0.25) is 0 Å². The molecule has 0 spiro atoms. The van der Waals surface area contributed by atoms with E-state index < -0.39 is 26.0 Å². The lowest BCUT2D eigenvalue weighted by Gasteiger charge is -2.12. The highest BCUT2D eigenvalue weighted by Crippen LogP contribution is 2.17. The third kappa shape index (κ3) is 6.26. The Labute approximate surface area is 193 Å². The van der Waals surface area contributed by atoms with E-state index in [-0.39, 0.29) is 28.5 Å². The number of hydrogen-bond acceptors (Lipinski definition) is 6. The second-order valence-corrected chi connectivity index (χ2v) is 11.3. The maximum Gasteiger partial charge on any atom is 0.338 e. The third-order valence-electron chi connectivity index (χ3n) is 4.74. The third-order valence-corrected chi connectivity index (χ3v) is 7.95. The molecule has 0 aliphatic carbocycles. The molecule has 0 heterocycles. The van der Waals surface area contributed by atoms with Crippen molar-refractivity contribution in [1.29, 1.82) is 0 Å². The summed E-state index contributed by atoms with van der Waals surface area (Å²) < 4.78 is 58.7. The zero-order valence-corrected chi connectivity index (χ0v) is 19.8. The summed E-state index contributed by atoms with van der Waals surface area (Å²) in [5, 5.41) is 0. The van der Waals surface area contributed by atoms with E-state index in [1.54, 1.807) is 24.3 Å². The average molecular weight is 489 g/mol. The zero-order chi connectivity index (χ0) is 24.1. The monoisotopic (exact) mass is 488 g/mol. The van der Waals surface area contributed by atoms with Crippen molar-refractivity contribution in [3.63, 3.8) is 0 Å². The van der Waals surface area contributed by atoms with Gasteiger partial charge >= 0.3 is 5.97 Å². The van der Waals surface area contributed by atoms with Gasteiger partial charge in [-0.15, -0.1) is 0 Å². The van der Waals surface area contributed by atoms with Crippen molar-refractivity contribution in [2.75, 3.05) is 14.1 Å². The average Bonchev–Trinajstić information content (AvgIpc) is 2.82. The fraction of sp³-hybridized carbons (Fsp3) is 0.174. The highest BCUT2D eigenvalue weighted by atomic mass is 32.2. The number of nitrogens with one attached hydrogen (secondary N) is 1. The molecule has 3 aromatic carbocycles. The molecule has 33 heavy (non-hydrogen) atoms. The van der Waals surface area contributed by atoms with Crippen LogP contribution in [0.15, 0.2) is 88.7 Å². The van der Waals surface area contributed by atoms with Crippen LogP contribution in [0.25, 0.3) is 0 Å². The molecule has 0 aromatic heterocycles. The number of carbonyl (C=O) groups excluding carboxylic acids is 1. The summed E-state index contributed by atoms with van der Waals surface area (Å²) in [4.78, 5) is 12.5. The first-order valence-electron chi connectivity index (χ1n) is 9.92. The minimum absolute atomic E-state index is 0.0630. The Balaban J connectivity index is 1.69. The number of sulfonamides is 2. The topological polar surface area (TPSA) is 110 Å². The summed E-state index contributed by atoms with van der Waals surface area (Å²) in [5.74, 6) is -0.726. The summed E-state index contributed by atoms with van der Waals surface area (Å²) in [6.45, 7) is -0.0527. The van der Waals surface area contributed by atoms with Gasteiger partial charge in [-0.05, 0) is 41.5 Å². The number of rotatable bonds is 9. The summed E-state index contributed by atoms with van der Waals surface area (Å²) in [6, 6.07) is 20.7. The molecule has 3 rings (SSSR count). The minimum Gasteiger partial charge on any atom is -0.457 e. The number of esters is 1. The molecule has 1 N–H and O–H groups in total. The molecular weight excluding hydrogens is 464 g/mol. The van der Waals surface area contributed by atoms with E-state index in [1.807, 2.05) is 18.2 Å². The maximum absolute atomic E-state index is 12.6. The fourth-order valence-corrected chi connectivity index (χ4v) is 4.92. The summed E-state index contributed by atoms with van der Waals surface area (Å²) in [7, 11) is -4.60. The van der Waals surface area contributed by atoms with Crippen molar-refractivity contribution in [2.24, 2.45) is 0 Å². The Bertz CT molecular complexity index is 1340. The Kier molecular flexibility index (Phi) is 7.65.